The molecule has 1 N–H and O–H groups in total. The van der Waals surface area contributed by atoms with Crippen molar-refractivity contribution >= 4 is 12.2 Å². The lowest BCUT2D eigenvalue weighted by atomic mass is 10.1. The zero-order valence-corrected chi connectivity index (χ0v) is 15.0. The number of hydrogen-bond acceptors (Lipinski definition) is 3. The SMILES string of the molecule is CCc1ccc(OCc2n[nH]c(=S)n2-c2cc(C)ccc2C)cc1. The molecular weight excluding hydrogens is 318 g/mol. The summed E-state index contributed by atoms with van der Waals surface area (Å²) >= 11 is 5.41. The van der Waals surface area contributed by atoms with Crippen LogP contribution >= 0.6 is 12.2 Å². The minimum absolute atomic E-state index is 0.353. The Labute approximate surface area is 147 Å². The summed E-state index contributed by atoms with van der Waals surface area (Å²) in [7, 11) is 0. The van der Waals surface area contributed by atoms with Crippen molar-refractivity contribution < 1.29 is 4.74 Å². The Balaban J connectivity index is 1.87. The molecule has 3 aromatic rings. The van der Waals surface area contributed by atoms with Crippen LogP contribution in [0.2, 0.25) is 0 Å². The van der Waals surface area contributed by atoms with Crippen LogP contribution in [0.25, 0.3) is 5.69 Å². The lowest BCUT2D eigenvalue weighted by molar-refractivity contribution is 0.293. The first kappa shape index (κ1) is 16.5. The smallest absolute Gasteiger partial charge is 0.199 e. The van der Waals surface area contributed by atoms with Crippen molar-refractivity contribution in [1.82, 2.24) is 14.8 Å². The summed E-state index contributed by atoms with van der Waals surface area (Å²) in [5, 5.41) is 7.21. The third-order valence-corrected chi connectivity index (χ3v) is 4.32. The Morgan fingerprint density at radius 1 is 1.12 bits per heavy atom. The third kappa shape index (κ3) is 3.41. The number of H-pyrrole nitrogens is 1. The molecule has 0 saturated carbocycles. The highest BCUT2D eigenvalue weighted by molar-refractivity contribution is 7.71. The molecule has 2 aromatic carbocycles. The number of ether oxygens (including phenoxy) is 1. The van der Waals surface area contributed by atoms with Gasteiger partial charge in [-0.05, 0) is 67.4 Å². The molecule has 0 atom stereocenters. The molecule has 5 heteroatoms. The molecule has 0 amide bonds. The molecule has 1 heterocycles. The predicted molar refractivity (Wildman–Crippen MR) is 98.4 cm³/mol. The lowest BCUT2D eigenvalue weighted by Gasteiger charge is -2.12. The summed E-state index contributed by atoms with van der Waals surface area (Å²) in [5.74, 6) is 1.59. The van der Waals surface area contributed by atoms with E-state index in [1.807, 2.05) is 16.7 Å². The zero-order chi connectivity index (χ0) is 17.1. The van der Waals surface area contributed by atoms with Crippen LogP contribution in [-0.4, -0.2) is 14.8 Å². The first-order valence-electron chi connectivity index (χ1n) is 8.04. The average molecular weight is 339 g/mol. The van der Waals surface area contributed by atoms with Crippen molar-refractivity contribution in [3.63, 3.8) is 0 Å². The van der Waals surface area contributed by atoms with Gasteiger partial charge in [0, 0.05) is 0 Å². The highest BCUT2D eigenvalue weighted by atomic mass is 32.1. The van der Waals surface area contributed by atoms with E-state index in [2.05, 4.69) is 61.3 Å². The maximum Gasteiger partial charge on any atom is 0.199 e. The number of aromatic nitrogens is 3. The Hall–Kier alpha value is -2.40. The summed E-state index contributed by atoms with van der Waals surface area (Å²) in [6, 6.07) is 14.4. The van der Waals surface area contributed by atoms with Gasteiger partial charge < -0.3 is 4.74 Å². The number of hydrogen-bond donors (Lipinski definition) is 1. The van der Waals surface area contributed by atoms with Crippen LogP contribution in [0.1, 0.15) is 29.4 Å². The summed E-state index contributed by atoms with van der Waals surface area (Å²) in [6.07, 6.45) is 1.02. The zero-order valence-electron chi connectivity index (χ0n) is 14.2. The number of aryl methyl sites for hydroxylation is 3. The molecule has 3 rings (SSSR count). The molecule has 4 nitrogen and oxygen atoms in total. The number of rotatable bonds is 5. The van der Waals surface area contributed by atoms with E-state index in [1.54, 1.807) is 0 Å². The molecule has 0 spiro atoms. The van der Waals surface area contributed by atoms with E-state index >= 15 is 0 Å². The molecule has 0 aliphatic carbocycles. The molecule has 0 radical (unpaired) electrons. The van der Waals surface area contributed by atoms with Gasteiger partial charge in [-0.2, -0.15) is 5.10 Å². The van der Waals surface area contributed by atoms with Gasteiger partial charge in [-0.15, -0.1) is 0 Å². The van der Waals surface area contributed by atoms with E-state index in [0.717, 1.165) is 29.2 Å². The number of nitrogens with zero attached hydrogens (tertiary/aromatic N) is 2. The van der Waals surface area contributed by atoms with Crippen molar-refractivity contribution in [2.24, 2.45) is 0 Å². The van der Waals surface area contributed by atoms with E-state index < -0.39 is 0 Å². The molecule has 0 aliphatic rings. The van der Waals surface area contributed by atoms with Gasteiger partial charge in [0.25, 0.3) is 0 Å². The van der Waals surface area contributed by atoms with Gasteiger partial charge in [-0.3, -0.25) is 9.67 Å². The van der Waals surface area contributed by atoms with Gasteiger partial charge in [0.1, 0.15) is 12.4 Å². The maximum absolute atomic E-state index is 5.89. The number of nitrogens with one attached hydrogen (secondary N) is 1. The van der Waals surface area contributed by atoms with E-state index in [4.69, 9.17) is 17.0 Å². The first-order chi connectivity index (χ1) is 11.6. The third-order valence-electron chi connectivity index (χ3n) is 4.05. The molecule has 124 valence electrons. The molecular formula is C19H21N3OS. The van der Waals surface area contributed by atoms with Crippen LogP contribution in [0.4, 0.5) is 0 Å². The quantitative estimate of drug-likeness (QED) is 0.686. The molecule has 0 fully saturated rings. The second-order valence-corrected chi connectivity index (χ2v) is 6.24. The summed E-state index contributed by atoms with van der Waals surface area (Å²) < 4.78 is 8.40. The van der Waals surface area contributed by atoms with Crippen LogP contribution in [0, 0.1) is 18.6 Å². The monoisotopic (exact) mass is 339 g/mol. The minimum Gasteiger partial charge on any atom is -0.486 e. The summed E-state index contributed by atoms with van der Waals surface area (Å²) in [6.45, 7) is 6.62. The van der Waals surface area contributed by atoms with Crippen LogP contribution in [-0.2, 0) is 13.0 Å². The molecule has 1 aromatic heterocycles. The van der Waals surface area contributed by atoms with Crippen molar-refractivity contribution in [3.8, 4) is 11.4 Å². The fraction of sp³-hybridized carbons (Fsp3) is 0.263. The fourth-order valence-electron chi connectivity index (χ4n) is 2.60. The van der Waals surface area contributed by atoms with Crippen molar-refractivity contribution in [2.75, 3.05) is 0 Å². The second kappa shape index (κ2) is 7.01. The molecule has 0 saturated heterocycles. The largest absolute Gasteiger partial charge is 0.486 e. The Morgan fingerprint density at radius 3 is 2.58 bits per heavy atom. The van der Waals surface area contributed by atoms with Gasteiger partial charge >= 0.3 is 0 Å². The highest BCUT2D eigenvalue weighted by Crippen LogP contribution is 2.19. The highest BCUT2D eigenvalue weighted by Gasteiger charge is 2.11. The van der Waals surface area contributed by atoms with Crippen LogP contribution in [0.3, 0.4) is 0 Å². The standard InChI is InChI=1S/C19H21N3OS/c1-4-15-7-9-16(10-8-15)23-12-18-20-21-19(24)22(18)17-11-13(2)5-6-14(17)3/h5-11H,4,12H2,1-3H3,(H,21,24). The van der Waals surface area contributed by atoms with E-state index in [0.29, 0.717) is 11.4 Å². The van der Waals surface area contributed by atoms with E-state index in [1.165, 1.54) is 11.1 Å². The van der Waals surface area contributed by atoms with Crippen LogP contribution in [0.5, 0.6) is 5.75 Å². The van der Waals surface area contributed by atoms with Crippen molar-refractivity contribution in [1.29, 1.82) is 0 Å². The van der Waals surface area contributed by atoms with Crippen molar-refractivity contribution in [2.45, 2.75) is 33.8 Å². The minimum atomic E-state index is 0.353. The topological polar surface area (TPSA) is 42.8 Å². The van der Waals surface area contributed by atoms with Crippen molar-refractivity contribution in [3.05, 3.63) is 69.8 Å². The van der Waals surface area contributed by atoms with E-state index in [9.17, 15) is 0 Å². The number of benzene rings is 2. The first-order valence-corrected chi connectivity index (χ1v) is 8.45. The van der Waals surface area contributed by atoms with Gasteiger partial charge in [-0.1, -0.05) is 31.2 Å². The Kier molecular flexibility index (Phi) is 4.81. The van der Waals surface area contributed by atoms with Gasteiger partial charge in [0.05, 0.1) is 5.69 Å². The molecule has 24 heavy (non-hydrogen) atoms. The molecule has 0 aliphatic heterocycles. The van der Waals surface area contributed by atoms with Gasteiger partial charge in [-0.25, -0.2) is 0 Å². The van der Waals surface area contributed by atoms with Gasteiger partial charge in [0.2, 0.25) is 0 Å². The van der Waals surface area contributed by atoms with Gasteiger partial charge in [0.15, 0.2) is 10.6 Å². The lowest BCUT2D eigenvalue weighted by Crippen LogP contribution is -2.07. The maximum atomic E-state index is 5.89. The normalized spacial score (nSPS) is 10.8. The Morgan fingerprint density at radius 2 is 1.88 bits per heavy atom. The summed E-state index contributed by atoms with van der Waals surface area (Å²) in [4.78, 5) is 0. The molecule has 0 unspecified atom stereocenters. The van der Waals surface area contributed by atoms with Crippen LogP contribution in [0.15, 0.2) is 42.5 Å². The average Bonchev–Trinajstić information content (AvgIpc) is 2.96. The fourth-order valence-corrected chi connectivity index (χ4v) is 2.85. The number of aromatic amines is 1. The second-order valence-electron chi connectivity index (χ2n) is 5.86. The molecule has 0 bridgehead atoms. The van der Waals surface area contributed by atoms with Crippen LogP contribution < -0.4 is 4.74 Å². The summed E-state index contributed by atoms with van der Waals surface area (Å²) in [5.41, 5.74) is 4.65. The predicted octanol–water partition coefficient (Wildman–Crippen LogP) is 4.69. The Bertz CT molecular complexity index is 894. The van der Waals surface area contributed by atoms with E-state index in [-0.39, 0.29) is 0 Å².